The zero-order valence-corrected chi connectivity index (χ0v) is 12.4. The van der Waals surface area contributed by atoms with E-state index in [0.717, 1.165) is 32.4 Å². The van der Waals surface area contributed by atoms with Crippen molar-refractivity contribution in [3.05, 3.63) is 33.0 Å². The average molecular weight is 360 g/mol. The number of hydrogen-bond acceptors (Lipinski definition) is 3. The van der Waals surface area contributed by atoms with Crippen LogP contribution in [0.15, 0.2) is 27.1 Å². The molecule has 4 N–H and O–H groups in total. The molecule has 0 bridgehead atoms. The second-order valence-electron chi connectivity index (χ2n) is 3.61. The van der Waals surface area contributed by atoms with E-state index in [9.17, 15) is 0 Å². The van der Waals surface area contributed by atoms with Gasteiger partial charge >= 0.3 is 0 Å². The number of halogens is 2. The van der Waals surface area contributed by atoms with Crippen LogP contribution in [0.2, 0.25) is 0 Å². The Morgan fingerprint density at radius 1 is 1.29 bits per heavy atom. The van der Waals surface area contributed by atoms with Gasteiger partial charge in [-0.25, -0.2) is 9.66 Å². The van der Waals surface area contributed by atoms with Gasteiger partial charge in [-0.15, -0.1) is 0 Å². The van der Waals surface area contributed by atoms with Gasteiger partial charge < -0.3 is 11.6 Å². The Kier molecular flexibility index (Phi) is 3.44. The standard InChI is InChI=1S/C11H12Br2N4/c1-2-9-16-10(11(14)17(9)15)6-3-4-7(12)8(13)5-6/h3-5H,2,14-15H2,1H3. The lowest BCUT2D eigenvalue weighted by Gasteiger charge is -2.02. The van der Waals surface area contributed by atoms with Crippen molar-refractivity contribution in [2.45, 2.75) is 13.3 Å². The van der Waals surface area contributed by atoms with E-state index < -0.39 is 0 Å². The summed E-state index contributed by atoms with van der Waals surface area (Å²) in [6.45, 7) is 1.99. The Morgan fingerprint density at radius 3 is 2.53 bits per heavy atom. The van der Waals surface area contributed by atoms with E-state index in [2.05, 4.69) is 36.8 Å². The largest absolute Gasteiger partial charge is 0.382 e. The molecule has 2 rings (SSSR count). The molecule has 90 valence electrons. The minimum atomic E-state index is 0.482. The number of imidazole rings is 1. The third kappa shape index (κ3) is 2.19. The number of nitrogens with zero attached hydrogens (tertiary/aromatic N) is 2. The highest BCUT2D eigenvalue weighted by Crippen LogP contribution is 2.31. The van der Waals surface area contributed by atoms with Crippen molar-refractivity contribution in [3.8, 4) is 11.3 Å². The van der Waals surface area contributed by atoms with Gasteiger partial charge in [-0.3, -0.25) is 0 Å². The van der Waals surface area contributed by atoms with Crippen molar-refractivity contribution in [3.63, 3.8) is 0 Å². The summed E-state index contributed by atoms with van der Waals surface area (Å²) in [7, 11) is 0. The predicted molar refractivity (Wildman–Crippen MR) is 77.0 cm³/mol. The van der Waals surface area contributed by atoms with E-state index in [4.69, 9.17) is 11.6 Å². The first kappa shape index (κ1) is 12.4. The molecule has 17 heavy (non-hydrogen) atoms. The summed E-state index contributed by atoms with van der Waals surface area (Å²) in [6.07, 6.45) is 0.748. The second kappa shape index (κ2) is 4.70. The molecule has 4 nitrogen and oxygen atoms in total. The van der Waals surface area contributed by atoms with Crippen LogP contribution in [0.4, 0.5) is 5.82 Å². The quantitative estimate of drug-likeness (QED) is 0.810. The molecule has 1 aromatic heterocycles. The second-order valence-corrected chi connectivity index (χ2v) is 5.32. The fourth-order valence-corrected chi connectivity index (χ4v) is 2.22. The Hall–Kier alpha value is -1.01. The molecule has 6 heteroatoms. The summed E-state index contributed by atoms with van der Waals surface area (Å²) < 4.78 is 3.38. The maximum absolute atomic E-state index is 5.95. The van der Waals surface area contributed by atoms with E-state index >= 15 is 0 Å². The van der Waals surface area contributed by atoms with Crippen LogP contribution in [0.3, 0.4) is 0 Å². The van der Waals surface area contributed by atoms with Crippen molar-refractivity contribution in [1.82, 2.24) is 9.66 Å². The Morgan fingerprint density at radius 2 is 2.00 bits per heavy atom. The molecule has 0 aliphatic heterocycles. The maximum atomic E-state index is 5.95. The molecule has 0 spiro atoms. The van der Waals surface area contributed by atoms with Gasteiger partial charge in [-0.1, -0.05) is 13.0 Å². The van der Waals surface area contributed by atoms with Crippen molar-refractivity contribution < 1.29 is 0 Å². The first-order valence-electron chi connectivity index (χ1n) is 5.12. The Labute approximate surface area is 116 Å². The Bertz CT molecular complexity index is 563. The van der Waals surface area contributed by atoms with Crippen LogP contribution in [-0.2, 0) is 6.42 Å². The maximum Gasteiger partial charge on any atom is 0.150 e. The molecule has 1 aromatic carbocycles. The third-order valence-electron chi connectivity index (χ3n) is 2.53. The lowest BCUT2D eigenvalue weighted by Crippen LogP contribution is -2.14. The fraction of sp³-hybridized carbons (Fsp3) is 0.182. The number of nitrogen functional groups attached to an aromatic ring is 2. The van der Waals surface area contributed by atoms with E-state index in [1.165, 1.54) is 4.68 Å². The lowest BCUT2D eigenvalue weighted by molar-refractivity contribution is 0.865. The SMILES string of the molecule is CCc1nc(-c2ccc(Br)c(Br)c2)c(N)n1N. The van der Waals surface area contributed by atoms with Gasteiger partial charge in [0.05, 0.1) is 0 Å². The van der Waals surface area contributed by atoms with Gasteiger partial charge in [0, 0.05) is 20.9 Å². The highest BCUT2D eigenvalue weighted by molar-refractivity contribution is 9.13. The molecular formula is C11H12Br2N4. The van der Waals surface area contributed by atoms with Crippen LogP contribution in [0.25, 0.3) is 11.3 Å². The summed E-state index contributed by atoms with van der Waals surface area (Å²) in [5.74, 6) is 7.08. The summed E-state index contributed by atoms with van der Waals surface area (Å²) >= 11 is 6.88. The molecule has 2 aromatic rings. The molecule has 0 fully saturated rings. The van der Waals surface area contributed by atoms with Gasteiger partial charge in [0.25, 0.3) is 0 Å². The minimum absolute atomic E-state index is 0.482. The zero-order valence-electron chi connectivity index (χ0n) is 9.24. The summed E-state index contributed by atoms with van der Waals surface area (Å²) in [5, 5.41) is 0. The summed E-state index contributed by atoms with van der Waals surface area (Å²) in [4.78, 5) is 4.45. The number of rotatable bonds is 2. The molecule has 0 saturated heterocycles. The third-order valence-corrected chi connectivity index (χ3v) is 4.41. The molecule has 0 radical (unpaired) electrons. The normalized spacial score (nSPS) is 10.8. The van der Waals surface area contributed by atoms with Crippen molar-refractivity contribution in [1.29, 1.82) is 0 Å². The monoisotopic (exact) mass is 358 g/mol. The predicted octanol–water partition coefficient (Wildman–Crippen LogP) is 2.93. The molecular weight excluding hydrogens is 348 g/mol. The van der Waals surface area contributed by atoms with Gasteiger partial charge in [0.2, 0.25) is 0 Å². The highest BCUT2D eigenvalue weighted by Gasteiger charge is 2.14. The highest BCUT2D eigenvalue weighted by atomic mass is 79.9. The number of hydrogen-bond donors (Lipinski definition) is 2. The van der Waals surface area contributed by atoms with Crippen molar-refractivity contribution >= 4 is 37.7 Å². The first-order chi connectivity index (χ1) is 8.04. The topological polar surface area (TPSA) is 69.9 Å². The fourth-order valence-electron chi connectivity index (χ4n) is 1.60. The molecule has 0 atom stereocenters. The average Bonchev–Trinajstić information content (AvgIpc) is 2.60. The minimum Gasteiger partial charge on any atom is -0.382 e. The molecule has 0 unspecified atom stereocenters. The van der Waals surface area contributed by atoms with Crippen molar-refractivity contribution in [2.75, 3.05) is 11.6 Å². The van der Waals surface area contributed by atoms with Gasteiger partial charge in [-0.2, -0.15) is 0 Å². The molecule has 0 aliphatic carbocycles. The zero-order chi connectivity index (χ0) is 12.6. The molecule has 0 aliphatic rings. The van der Waals surface area contributed by atoms with Crippen LogP contribution in [0.1, 0.15) is 12.7 Å². The molecule has 0 saturated carbocycles. The first-order valence-corrected chi connectivity index (χ1v) is 6.70. The Balaban J connectivity index is 2.56. The number of anilines is 1. The van der Waals surface area contributed by atoms with Crippen LogP contribution in [0.5, 0.6) is 0 Å². The van der Waals surface area contributed by atoms with Crippen LogP contribution in [-0.4, -0.2) is 9.66 Å². The van der Waals surface area contributed by atoms with Crippen LogP contribution < -0.4 is 11.6 Å². The van der Waals surface area contributed by atoms with Gasteiger partial charge in [0.1, 0.15) is 11.5 Å². The summed E-state index contributed by atoms with van der Waals surface area (Å²) in [5.41, 5.74) is 7.61. The van der Waals surface area contributed by atoms with Gasteiger partial charge in [0.15, 0.2) is 5.82 Å². The van der Waals surface area contributed by atoms with E-state index in [-0.39, 0.29) is 0 Å². The van der Waals surface area contributed by atoms with E-state index in [1.54, 1.807) is 0 Å². The lowest BCUT2D eigenvalue weighted by atomic mass is 10.1. The molecule has 1 heterocycles. The number of aryl methyl sites for hydroxylation is 1. The number of aromatic nitrogens is 2. The molecule has 0 amide bonds. The van der Waals surface area contributed by atoms with Crippen LogP contribution in [0, 0.1) is 0 Å². The smallest absolute Gasteiger partial charge is 0.150 e. The van der Waals surface area contributed by atoms with Gasteiger partial charge in [-0.05, 0) is 44.0 Å². The van der Waals surface area contributed by atoms with Crippen LogP contribution >= 0.6 is 31.9 Å². The number of benzene rings is 1. The van der Waals surface area contributed by atoms with E-state index in [1.807, 2.05) is 25.1 Å². The summed E-state index contributed by atoms with van der Waals surface area (Å²) in [6, 6.07) is 5.86. The van der Waals surface area contributed by atoms with E-state index in [0.29, 0.717) is 5.82 Å². The van der Waals surface area contributed by atoms with Crippen molar-refractivity contribution in [2.24, 2.45) is 0 Å². The number of nitrogens with two attached hydrogens (primary N) is 2.